The molecule has 0 aliphatic rings. The average molecular weight is 346 g/mol. The summed E-state index contributed by atoms with van der Waals surface area (Å²) in [6.07, 6.45) is 0. The predicted molar refractivity (Wildman–Crippen MR) is 105 cm³/mol. The molecule has 0 aromatic heterocycles. The number of aliphatic hydroxyl groups is 1. The molecule has 0 bridgehead atoms. The zero-order valence-corrected chi connectivity index (χ0v) is 14.6. The highest BCUT2D eigenvalue weighted by Gasteiger charge is 2.20. The Morgan fingerprint density at radius 1 is 0.923 bits per heavy atom. The third-order valence-corrected chi connectivity index (χ3v) is 4.13. The summed E-state index contributed by atoms with van der Waals surface area (Å²) in [7, 11) is 0. The van der Waals surface area contributed by atoms with Gasteiger partial charge in [-0.25, -0.2) is 0 Å². The van der Waals surface area contributed by atoms with E-state index >= 15 is 0 Å². The van der Waals surface area contributed by atoms with Crippen LogP contribution in [-0.2, 0) is 11.4 Å². The Bertz CT molecular complexity index is 861. The third-order valence-electron chi connectivity index (χ3n) is 4.13. The Hall–Kier alpha value is -3.11. The minimum Gasteiger partial charge on any atom is -0.392 e. The largest absolute Gasteiger partial charge is 0.392 e. The number of amides is 1. The van der Waals surface area contributed by atoms with E-state index in [-0.39, 0.29) is 12.5 Å². The van der Waals surface area contributed by atoms with Crippen molar-refractivity contribution in [3.8, 4) is 0 Å². The standard InChI is InChI=1S/C22H22N2O2/c1-16-10-12-19(13-11-16)24-22(26)21(18-7-3-2-4-8-18)23-20-9-5-6-17(14-20)15-25/h2-14,21,23,25H,15H2,1H3,(H,24,26). The molecule has 4 nitrogen and oxygen atoms in total. The number of benzene rings is 3. The van der Waals surface area contributed by atoms with Crippen LogP contribution in [0.1, 0.15) is 22.7 Å². The first-order valence-corrected chi connectivity index (χ1v) is 8.54. The van der Waals surface area contributed by atoms with Gasteiger partial charge in [-0.3, -0.25) is 4.79 Å². The van der Waals surface area contributed by atoms with Crippen LogP contribution in [0.2, 0.25) is 0 Å². The molecule has 0 aliphatic heterocycles. The third kappa shape index (κ3) is 4.49. The van der Waals surface area contributed by atoms with E-state index in [4.69, 9.17) is 0 Å². The Morgan fingerprint density at radius 3 is 2.35 bits per heavy atom. The summed E-state index contributed by atoms with van der Waals surface area (Å²) in [5.41, 5.74) is 4.34. The summed E-state index contributed by atoms with van der Waals surface area (Å²) < 4.78 is 0. The van der Waals surface area contributed by atoms with Crippen molar-refractivity contribution in [2.24, 2.45) is 0 Å². The van der Waals surface area contributed by atoms with Gasteiger partial charge in [0.2, 0.25) is 0 Å². The molecule has 1 unspecified atom stereocenters. The molecule has 4 heteroatoms. The number of carbonyl (C=O) groups excluding carboxylic acids is 1. The average Bonchev–Trinajstić information content (AvgIpc) is 2.68. The van der Waals surface area contributed by atoms with Gasteiger partial charge in [0.1, 0.15) is 6.04 Å². The quantitative estimate of drug-likeness (QED) is 0.624. The van der Waals surface area contributed by atoms with Gasteiger partial charge in [0.25, 0.3) is 5.91 Å². The second-order valence-electron chi connectivity index (χ2n) is 6.20. The molecule has 1 amide bonds. The highest BCUT2D eigenvalue weighted by atomic mass is 16.3. The molecule has 0 heterocycles. The summed E-state index contributed by atoms with van der Waals surface area (Å²) in [4.78, 5) is 12.9. The number of anilines is 2. The molecule has 0 saturated heterocycles. The number of rotatable bonds is 6. The van der Waals surface area contributed by atoms with E-state index in [0.29, 0.717) is 0 Å². The molecule has 3 aromatic carbocycles. The Balaban J connectivity index is 1.85. The van der Waals surface area contributed by atoms with Crippen molar-refractivity contribution in [2.45, 2.75) is 19.6 Å². The van der Waals surface area contributed by atoms with Gasteiger partial charge in [0.05, 0.1) is 6.61 Å². The topological polar surface area (TPSA) is 61.4 Å². The summed E-state index contributed by atoms with van der Waals surface area (Å²) >= 11 is 0. The molecule has 0 radical (unpaired) electrons. The molecule has 0 fully saturated rings. The van der Waals surface area contributed by atoms with Crippen LogP contribution in [0.5, 0.6) is 0 Å². The van der Waals surface area contributed by atoms with Crippen LogP contribution >= 0.6 is 0 Å². The zero-order chi connectivity index (χ0) is 18.4. The summed E-state index contributed by atoms with van der Waals surface area (Å²) in [6.45, 7) is 1.97. The van der Waals surface area contributed by atoms with Gasteiger partial charge in [-0.1, -0.05) is 60.2 Å². The fourth-order valence-corrected chi connectivity index (χ4v) is 2.72. The lowest BCUT2D eigenvalue weighted by Crippen LogP contribution is -2.27. The lowest BCUT2D eigenvalue weighted by atomic mass is 10.0. The number of carbonyl (C=O) groups is 1. The van der Waals surface area contributed by atoms with E-state index in [2.05, 4.69) is 10.6 Å². The first-order valence-electron chi connectivity index (χ1n) is 8.54. The number of nitrogens with one attached hydrogen (secondary N) is 2. The SMILES string of the molecule is Cc1ccc(NC(=O)C(Nc2cccc(CO)c2)c2ccccc2)cc1. The van der Waals surface area contributed by atoms with Gasteiger partial charge in [-0.15, -0.1) is 0 Å². The van der Waals surface area contributed by atoms with Crippen molar-refractivity contribution in [1.29, 1.82) is 0 Å². The van der Waals surface area contributed by atoms with Crippen LogP contribution in [0.4, 0.5) is 11.4 Å². The molecule has 0 spiro atoms. The van der Waals surface area contributed by atoms with E-state index in [1.54, 1.807) is 0 Å². The van der Waals surface area contributed by atoms with Crippen LogP contribution in [0, 0.1) is 6.92 Å². The highest BCUT2D eigenvalue weighted by Crippen LogP contribution is 2.22. The maximum absolute atomic E-state index is 12.9. The van der Waals surface area contributed by atoms with E-state index in [1.807, 2.05) is 85.8 Å². The van der Waals surface area contributed by atoms with Crippen molar-refractivity contribution in [2.75, 3.05) is 10.6 Å². The fraction of sp³-hybridized carbons (Fsp3) is 0.136. The molecule has 0 aliphatic carbocycles. The van der Waals surface area contributed by atoms with Crippen LogP contribution in [-0.4, -0.2) is 11.0 Å². The van der Waals surface area contributed by atoms with E-state index in [0.717, 1.165) is 28.1 Å². The molecule has 3 N–H and O–H groups in total. The van der Waals surface area contributed by atoms with Gasteiger partial charge in [-0.05, 0) is 42.3 Å². The number of aryl methyl sites for hydroxylation is 1. The fourth-order valence-electron chi connectivity index (χ4n) is 2.72. The van der Waals surface area contributed by atoms with Gasteiger partial charge < -0.3 is 15.7 Å². The lowest BCUT2D eigenvalue weighted by molar-refractivity contribution is -0.117. The summed E-state index contributed by atoms with van der Waals surface area (Å²) in [5.74, 6) is -0.144. The monoisotopic (exact) mass is 346 g/mol. The van der Waals surface area contributed by atoms with E-state index in [9.17, 15) is 9.90 Å². The first-order chi connectivity index (χ1) is 12.7. The van der Waals surface area contributed by atoms with Gasteiger partial charge in [-0.2, -0.15) is 0 Å². The van der Waals surface area contributed by atoms with Crippen LogP contribution < -0.4 is 10.6 Å². The van der Waals surface area contributed by atoms with Crippen LogP contribution in [0.25, 0.3) is 0 Å². The molecule has 0 saturated carbocycles. The minimum atomic E-state index is -0.550. The van der Waals surface area contributed by atoms with Gasteiger partial charge >= 0.3 is 0 Å². The van der Waals surface area contributed by atoms with Gasteiger partial charge in [0.15, 0.2) is 0 Å². The molecule has 1 atom stereocenters. The molecule has 3 aromatic rings. The smallest absolute Gasteiger partial charge is 0.251 e. The normalized spacial score (nSPS) is 11.6. The molecule has 132 valence electrons. The second kappa shape index (κ2) is 8.32. The van der Waals surface area contributed by atoms with Crippen molar-refractivity contribution < 1.29 is 9.90 Å². The maximum atomic E-state index is 12.9. The first kappa shape index (κ1) is 17.7. The zero-order valence-electron chi connectivity index (χ0n) is 14.6. The van der Waals surface area contributed by atoms with Crippen molar-refractivity contribution in [3.63, 3.8) is 0 Å². The Labute approximate surface area is 153 Å². The molecule has 3 rings (SSSR count). The van der Waals surface area contributed by atoms with Crippen molar-refractivity contribution in [3.05, 3.63) is 95.6 Å². The number of aliphatic hydroxyl groups excluding tert-OH is 1. The summed E-state index contributed by atoms with van der Waals surface area (Å²) in [5, 5.41) is 15.6. The minimum absolute atomic E-state index is 0.0406. The maximum Gasteiger partial charge on any atom is 0.251 e. The van der Waals surface area contributed by atoms with Gasteiger partial charge in [0, 0.05) is 11.4 Å². The Morgan fingerprint density at radius 2 is 1.65 bits per heavy atom. The molecular weight excluding hydrogens is 324 g/mol. The van der Waals surface area contributed by atoms with Crippen LogP contribution in [0.15, 0.2) is 78.9 Å². The van der Waals surface area contributed by atoms with Crippen molar-refractivity contribution in [1.82, 2.24) is 0 Å². The summed E-state index contributed by atoms with van der Waals surface area (Å²) in [6, 6.07) is 24.2. The predicted octanol–water partition coefficient (Wildman–Crippen LogP) is 4.28. The van der Waals surface area contributed by atoms with E-state index < -0.39 is 6.04 Å². The Kier molecular flexibility index (Phi) is 5.66. The highest BCUT2D eigenvalue weighted by molar-refractivity contribution is 5.97. The van der Waals surface area contributed by atoms with E-state index in [1.165, 1.54) is 0 Å². The number of hydrogen-bond acceptors (Lipinski definition) is 3. The van der Waals surface area contributed by atoms with Crippen LogP contribution in [0.3, 0.4) is 0 Å². The molecule has 26 heavy (non-hydrogen) atoms. The number of hydrogen-bond donors (Lipinski definition) is 3. The second-order valence-corrected chi connectivity index (χ2v) is 6.20. The lowest BCUT2D eigenvalue weighted by Gasteiger charge is -2.20. The molecular formula is C22H22N2O2. The van der Waals surface area contributed by atoms with Crippen molar-refractivity contribution >= 4 is 17.3 Å².